The van der Waals surface area contributed by atoms with Crippen LogP contribution in [0.25, 0.3) is 0 Å². The van der Waals surface area contributed by atoms with Gasteiger partial charge in [-0.3, -0.25) is 4.90 Å². The minimum absolute atomic E-state index is 0.0579. The lowest BCUT2D eigenvalue weighted by Crippen LogP contribution is -2.47. The predicted molar refractivity (Wildman–Crippen MR) is 106 cm³/mol. The minimum Gasteiger partial charge on any atom is -0.395 e. The molecule has 0 spiro atoms. The average molecular weight is 343 g/mol. The Hall–Kier alpha value is -2.42. The lowest BCUT2D eigenvalue weighted by Gasteiger charge is -2.46. The van der Waals surface area contributed by atoms with E-state index in [9.17, 15) is 5.11 Å². The van der Waals surface area contributed by atoms with Crippen molar-refractivity contribution in [1.29, 1.82) is 0 Å². The molecule has 0 aromatic heterocycles. The highest BCUT2D eigenvalue weighted by Gasteiger charge is 2.39. The Morgan fingerprint density at radius 2 is 1.35 bits per heavy atom. The second kappa shape index (κ2) is 7.45. The van der Waals surface area contributed by atoms with E-state index in [0.717, 1.165) is 6.54 Å². The maximum Gasteiger partial charge on any atom is 0.0596 e. The van der Waals surface area contributed by atoms with Crippen molar-refractivity contribution in [2.45, 2.75) is 31.5 Å². The van der Waals surface area contributed by atoms with Crippen LogP contribution in [0.5, 0.6) is 0 Å². The third-order valence-corrected chi connectivity index (χ3v) is 5.64. The molecule has 0 fully saturated rings. The Bertz CT molecular complexity index is 846. The maximum atomic E-state index is 10.4. The van der Waals surface area contributed by atoms with Crippen LogP contribution in [0.3, 0.4) is 0 Å². The van der Waals surface area contributed by atoms with Gasteiger partial charge in [0, 0.05) is 24.5 Å². The summed E-state index contributed by atoms with van der Waals surface area (Å²) >= 11 is 0. The first kappa shape index (κ1) is 17.0. The predicted octanol–water partition coefficient (Wildman–Crippen LogP) is 4.76. The molecular weight excluding hydrogens is 318 g/mol. The molecule has 1 aliphatic rings. The Kier molecular flexibility index (Phi) is 4.87. The van der Waals surface area contributed by atoms with Crippen molar-refractivity contribution in [2.24, 2.45) is 0 Å². The Labute approximate surface area is 155 Å². The second-order valence-electron chi connectivity index (χ2n) is 7.10. The van der Waals surface area contributed by atoms with E-state index in [1.807, 2.05) is 0 Å². The van der Waals surface area contributed by atoms with Crippen molar-refractivity contribution >= 4 is 0 Å². The van der Waals surface area contributed by atoms with Gasteiger partial charge in [0.25, 0.3) is 0 Å². The Morgan fingerprint density at radius 1 is 0.769 bits per heavy atom. The molecule has 0 radical (unpaired) electrons. The molecule has 0 saturated carbocycles. The normalized spacial score (nSPS) is 22.8. The average Bonchev–Trinajstić information content (AvgIpc) is 2.71. The molecule has 0 unspecified atom stereocenters. The van der Waals surface area contributed by atoms with Gasteiger partial charge in [0.1, 0.15) is 0 Å². The summed E-state index contributed by atoms with van der Waals surface area (Å²) in [4.78, 5) is 2.45. The van der Waals surface area contributed by atoms with Gasteiger partial charge in [-0.05, 0) is 29.2 Å². The number of nitrogens with zero attached hydrogens (tertiary/aromatic N) is 1. The van der Waals surface area contributed by atoms with Crippen LogP contribution in [0.1, 0.15) is 41.1 Å². The fourth-order valence-corrected chi connectivity index (χ4v) is 4.36. The quantitative estimate of drug-likeness (QED) is 0.738. The van der Waals surface area contributed by atoms with Gasteiger partial charge in [0.05, 0.1) is 6.61 Å². The van der Waals surface area contributed by atoms with Crippen molar-refractivity contribution < 1.29 is 5.11 Å². The first-order valence-corrected chi connectivity index (χ1v) is 9.34. The van der Waals surface area contributed by atoms with Crippen LogP contribution >= 0.6 is 0 Å². The van der Waals surface area contributed by atoms with Gasteiger partial charge in [-0.15, -0.1) is 0 Å². The summed E-state index contributed by atoms with van der Waals surface area (Å²) in [6.07, 6.45) is 0. The molecule has 26 heavy (non-hydrogen) atoms. The highest BCUT2D eigenvalue weighted by molar-refractivity contribution is 5.43. The van der Waals surface area contributed by atoms with Crippen molar-refractivity contribution in [1.82, 2.24) is 4.90 Å². The zero-order valence-electron chi connectivity index (χ0n) is 15.1. The van der Waals surface area contributed by atoms with Crippen LogP contribution in [-0.4, -0.2) is 22.7 Å². The highest BCUT2D eigenvalue weighted by Crippen LogP contribution is 2.43. The van der Waals surface area contributed by atoms with Crippen LogP contribution in [0.15, 0.2) is 84.9 Å². The van der Waals surface area contributed by atoms with Crippen molar-refractivity contribution in [2.75, 3.05) is 6.61 Å². The number of benzene rings is 3. The molecule has 3 aromatic carbocycles. The molecule has 0 bridgehead atoms. The molecule has 1 N–H and O–H groups in total. The minimum atomic E-state index is 0.0579. The third kappa shape index (κ3) is 3.07. The molecule has 1 heterocycles. The first-order valence-electron chi connectivity index (χ1n) is 9.34. The van der Waals surface area contributed by atoms with E-state index < -0.39 is 0 Å². The van der Waals surface area contributed by atoms with Gasteiger partial charge >= 0.3 is 0 Å². The molecular formula is C24H25NO. The van der Waals surface area contributed by atoms with E-state index in [1.165, 1.54) is 22.3 Å². The number of aliphatic hydroxyl groups excluding tert-OH is 1. The molecule has 0 aliphatic carbocycles. The largest absolute Gasteiger partial charge is 0.395 e. The van der Waals surface area contributed by atoms with Gasteiger partial charge in [0.2, 0.25) is 0 Å². The van der Waals surface area contributed by atoms with E-state index in [4.69, 9.17) is 0 Å². The summed E-state index contributed by atoms with van der Waals surface area (Å²) < 4.78 is 0. The number of rotatable bonds is 4. The zero-order chi connectivity index (χ0) is 17.9. The second-order valence-corrected chi connectivity index (χ2v) is 7.10. The lowest BCUT2D eigenvalue weighted by molar-refractivity contribution is 0.0591. The van der Waals surface area contributed by atoms with E-state index in [-0.39, 0.29) is 24.6 Å². The van der Waals surface area contributed by atoms with Gasteiger partial charge in [0.15, 0.2) is 0 Å². The van der Waals surface area contributed by atoms with Gasteiger partial charge in [-0.2, -0.15) is 0 Å². The molecule has 3 atom stereocenters. The van der Waals surface area contributed by atoms with Crippen LogP contribution in [0, 0.1) is 0 Å². The summed E-state index contributed by atoms with van der Waals surface area (Å²) in [5.41, 5.74) is 5.25. The SMILES string of the molecule is C[C@@H]1c2ccccc2[C@@H](c2ccccc2)[C@H](CO)N1Cc1ccccc1. The summed E-state index contributed by atoms with van der Waals surface area (Å²) in [6, 6.07) is 30.2. The van der Waals surface area contributed by atoms with E-state index in [0.29, 0.717) is 0 Å². The summed E-state index contributed by atoms with van der Waals surface area (Å²) in [5, 5.41) is 10.4. The molecule has 4 rings (SSSR count). The number of hydrogen-bond acceptors (Lipinski definition) is 2. The molecule has 1 aliphatic heterocycles. The summed E-state index contributed by atoms with van der Waals surface area (Å²) in [6.45, 7) is 3.24. The zero-order valence-corrected chi connectivity index (χ0v) is 15.1. The molecule has 0 amide bonds. The molecule has 2 nitrogen and oxygen atoms in total. The Balaban J connectivity index is 1.81. The van der Waals surface area contributed by atoms with Gasteiger partial charge < -0.3 is 5.11 Å². The topological polar surface area (TPSA) is 23.5 Å². The van der Waals surface area contributed by atoms with E-state index in [1.54, 1.807) is 0 Å². The number of hydrogen-bond donors (Lipinski definition) is 1. The van der Waals surface area contributed by atoms with Crippen molar-refractivity contribution in [3.8, 4) is 0 Å². The fourth-order valence-electron chi connectivity index (χ4n) is 4.36. The van der Waals surface area contributed by atoms with E-state index >= 15 is 0 Å². The molecule has 132 valence electrons. The molecule has 2 heteroatoms. The van der Waals surface area contributed by atoms with Gasteiger partial charge in [-0.25, -0.2) is 0 Å². The van der Waals surface area contributed by atoms with E-state index in [2.05, 4.69) is 96.8 Å². The van der Waals surface area contributed by atoms with Crippen LogP contribution in [-0.2, 0) is 6.54 Å². The highest BCUT2D eigenvalue weighted by atomic mass is 16.3. The smallest absolute Gasteiger partial charge is 0.0596 e. The molecule has 0 saturated heterocycles. The Morgan fingerprint density at radius 3 is 2.00 bits per heavy atom. The van der Waals surface area contributed by atoms with Crippen LogP contribution in [0.4, 0.5) is 0 Å². The third-order valence-electron chi connectivity index (χ3n) is 5.64. The number of aliphatic hydroxyl groups is 1. The molecule has 3 aromatic rings. The number of fused-ring (bicyclic) bond motifs is 1. The van der Waals surface area contributed by atoms with Crippen molar-refractivity contribution in [3.05, 3.63) is 107 Å². The first-order chi connectivity index (χ1) is 12.8. The standard InChI is InChI=1S/C24H25NO/c1-18-21-14-8-9-15-22(21)24(20-12-6-3-7-13-20)23(17-26)25(18)16-19-10-4-2-5-11-19/h2-15,18,23-24,26H,16-17H2,1H3/t18-,23+,24-/m1/s1. The summed E-state index contributed by atoms with van der Waals surface area (Å²) in [7, 11) is 0. The monoisotopic (exact) mass is 343 g/mol. The van der Waals surface area contributed by atoms with Gasteiger partial charge in [-0.1, -0.05) is 84.9 Å². The lowest BCUT2D eigenvalue weighted by atomic mass is 9.76. The van der Waals surface area contributed by atoms with Crippen LogP contribution < -0.4 is 0 Å². The maximum absolute atomic E-state index is 10.4. The van der Waals surface area contributed by atoms with Crippen molar-refractivity contribution in [3.63, 3.8) is 0 Å². The summed E-state index contributed by atoms with van der Waals surface area (Å²) in [5.74, 6) is 0.178. The van der Waals surface area contributed by atoms with Crippen LogP contribution in [0.2, 0.25) is 0 Å². The fraction of sp³-hybridized carbons (Fsp3) is 0.250.